The molecule has 0 radical (unpaired) electrons. The van der Waals surface area contributed by atoms with Crippen molar-refractivity contribution >= 4 is 37.7 Å². The predicted molar refractivity (Wildman–Crippen MR) is 114 cm³/mol. The monoisotopic (exact) mass is 447 g/mol. The fourth-order valence-electron chi connectivity index (χ4n) is 4.08. The molecule has 4 rings (SSSR count). The van der Waals surface area contributed by atoms with Gasteiger partial charge in [-0.05, 0) is 37.0 Å². The number of nitro benzene ring substituents is 1. The number of nitrogen functional groups attached to an aromatic ring is 1. The van der Waals surface area contributed by atoms with Gasteiger partial charge in [0.25, 0.3) is 5.69 Å². The summed E-state index contributed by atoms with van der Waals surface area (Å²) in [4.78, 5) is 13.9. The lowest BCUT2D eigenvalue weighted by molar-refractivity contribution is -0.384. The number of hydrogen-bond donors (Lipinski definition) is 1. The molecule has 0 aliphatic carbocycles. The standard InChI is InChI=1S/C19H21N5O4S2/c20-11-15-14-6-9-22(12-18(14)29-19(15)21)16-5-4-13(10-17(16)24(25)26)30(27,28)23-7-2-1-3-8-23/h4-5,10H,1-3,6-9,12,21H2. The van der Waals surface area contributed by atoms with Crippen LogP contribution in [0, 0.1) is 21.4 Å². The Kier molecular flexibility index (Phi) is 5.40. The topological polar surface area (TPSA) is 134 Å². The number of piperidine rings is 1. The van der Waals surface area contributed by atoms with E-state index in [0.29, 0.717) is 48.9 Å². The molecular weight excluding hydrogens is 426 g/mol. The third-order valence-corrected chi connectivity index (χ3v) is 8.57. The molecule has 0 bridgehead atoms. The quantitative estimate of drug-likeness (QED) is 0.562. The third kappa shape index (κ3) is 3.51. The molecular formula is C19H21N5O4S2. The molecule has 2 aromatic rings. The summed E-state index contributed by atoms with van der Waals surface area (Å²) in [5.41, 5.74) is 7.46. The first-order valence-corrected chi connectivity index (χ1v) is 11.9. The van der Waals surface area contributed by atoms with Gasteiger partial charge in [-0.3, -0.25) is 10.1 Å². The average Bonchev–Trinajstić information content (AvgIpc) is 3.07. The molecule has 2 aliphatic rings. The van der Waals surface area contributed by atoms with Crippen molar-refractivity contribution in [3.8, 4) is 6.07 Å². The minimum absolute atomic E-state index is 0.0512. The fourth-order valence-corrected chi connectivity index (χ4v) is 6.71. The van der Waals surface area contributed by atoms with Crippen molar-refractivity contribution in [2.24, 2.45) is 0 Å². The van der Waals surface area contributed by atoms with Crippen molar-refractivity contribution < 1.29 is 13.3 Å². The molecule has 1 saturated heterocycles. The summed E-state index contributed by atoms with van der Waals surface area (Å²) in [7, 11) is -3.76. The summed E-state index contributed by atoms with van der Waals surface area (Å²) >= 11 is 1.32. The summed E-state index contributed by atoms with van der Waals surface area (Å²) in [6, 6.07) is 6.26. The molecule has 11 heteroatoms. The molecule has 3 heterocycles. The van der Waals surface area contributed by atoms with Gasteiger partial charge in [-0.25, -0.2) is 8.42 Å². The molecule has 0 saturated carbocycles. The zero-order chi connectivity index (χ0) is 21.5. The Morgan fingerprint density at radius 1 is 1.20 bits per heavy atom. The largest absolute Gasteiger partial charge is 0.389 e. The molecule has 158 valence electrons. The van der Waals surface area contributed by atoms with Crippen LogP contribution in [0.5, 0.6) is 0 Å². The molecule has 1 fully saturated rings. The Balaban J connectivity index is 1.68. The van der Waals surface area contributed by atoms with Crippen LogP contribution in [0.2, 0.25) is 0 Å². The fraction of sp³-hybridized carbons (Fsp3) is 0.421. The highest BCUT2D eigenvalue weighted by molar-refractivity contribution is 7.89. The number of nitriles is 1. The summed E-state index contributed by atoms with van der Waals surface area (Å²) < 4.78 is 27.3. The number of anilines is 2. The van der Waals surface area contributed by atoms with Crippen LogP contribution in [0.25, 0.3) is 0 Å². The van der Waals surface area contributed by atoms with E-state index >= 15 is 0 Å². The maximum Gasteiger partial charge on any atom is 0.293 e. The zero-order valence-electron chi connectivity index (χ0n) is 16.2. The SMILES string of the molecule is N#Cc1c(N)sc2c1CCN(c1ccc(S(=O)(=O)N3CCCCC3)cc1[N+](=O)[O-])C2. The number of sulfonamides is 1. The van der Waals surface area contributed by atoms with Crippen LogP contribution in [0.3, 0.4) is 0 Å². The van der Waals surface area contributed by atoms with Crippen LogP contribution in [0.4, 0.5) is 16.4 Å². The first-order valence-electron chi connectivity index (χ1n) is 9.66. The Labute approximate surface area is 178 Å². The first-order chi connectivity index (χ1) is 14.3. The number of fused-ring (bicyclic) bond motifs is 1. The zero-order valence-corrected chi connectivity index (χ0v) is 17.8. The molecule has 0 amide bonds. The number of nitrogens with two attached hydrogens (primary N) is 1. The van der Waals surface area contributed by atoms with E-state index in [1.807, 2.05) is 4.90 Å². The van der Waals surface area contributed by atoms with Gasteiger partial charge in [-0.1, -0.05) is 6.42 Å². The minimum Gasteiger partial charge on any atom is -0.389 e. The molecule has 1 aromatic heterocycles. The number of thiophene rings is 1. The molecule has 0 atom stereocenters. The van der Waals surface area contributed by atoms with Crippen molar-refractivity contribution in [2.45, 2.75) is 37.1 Å². The molecule has 0 unspecified atom stereocenters. The Bertz CT molecular complexity index is 1150. The second-order valence-corrected chi connectivity index (χ2v) is 10.5. The van der Waals surface area contributed by atoms with Crippen LogP contribution in [0.1, 0.15) is 35.3 Å². The van der Waals surface area contributed by atoms with E-state index in [-0.39, 0.29) is 10.6 Å². The minimum atomic E-state index is -3.76. The summed E-state index contributed by atoms with van der Waals surface area (Å²) in [6.45, 7) is 1.75. The maximum absolute atomic E-state index is 12.9. The number of nitrogens with zero attached hydrogens (tertiary/aromatic N) is 4. The summed E-state index contributed by atoms with van der Waals surface area (Å²) in [6.07, 6.45) is 3.13. The van der Waals surface area contributed by atoms with Gasteiger partial charge >= 0.3 is 0 Å². The molecule has 0 spiro atoms. The third-order valence-electron chi connectivity index (χ3n) is 5.63. The van der Waals surface area contributed by atoms with Gasteiger partial charge in [-0.2, -0.15) is 9.57 Å². The lowest BCUT2D eigenvalue weighted by Crippen LogP contribution is -2.35. The van der Waals surface area contributed by atoms with Crippen molar-refractivity contribution in [1.29, 1.82) is 5.26 Å². The van der Waals surface area contributed by atoms with Crippen molar-refractivity contribution in [3.05, 3.63) is 44.3 Å². The van der Waals surface area contributed by atoms with Crippen molar-refractivity contribution in [3.63, 3.8) is 0 Å². The van der Waals surface area contributed by atoms with Crippen LogP contribution >= 0.6 is 11.3 Å². The van der Waals surface area contributed by atoms with Gasteiger partial charge in [-0.15, -0.1) is 11.3 Å². The van der Waals surface area contributed by atoms with Crippen LogP contribution < -0.4 is 10.6 Å². The van der Waals surface area contributed by atoms with E-state index in [1.54, 1.807) is 0 Å². The van der Waals surface area contributed by atoms with Crippen LogP contribution in [-0.4, -0.2) is 37.3 Å². The summed E-state index contributed by atoms with van der Waals surface area (Å²) in [5, 5.41) is 21.5. The van der Waals surface area contributed by atoms with Gasteiger partial charge in [0.2, 0.25) is 10.0 Å². The molecule has 2 aliphatic heterocycles. The Morgan fingerprint density at radius 2 is 1.93 bits per heavy atom. The van der Waals surface area contributed by atoms with E-state index in [1.165, 1.54) is 27.8 Å². The lowest BCUT2D eigenvalue weighted by atomic mass is 10.0. The maximum atomic E-state index is 12.9. The highest BCUT2D eigenvalue weighted by Crippen LogP contribution is 2.39. The second kappa shape index (κ2) is 7.86. The second-order valence-electron chi connectivity index (χ2n) is 7.40. The predicted octanol–water partition coefficient (Wildman–Crippen LogP) is 2.85. The number of hydrogen-bond acceptors (Lipinski definition) is 8. The van der Waals surface area contributed by atoms with Gasteiger partial charge in [0.15, 0.2) is 0 Å². The highest BCUT2D eigenvalue weighted by atomic mass is 32.2. The van der Waals surface area contributed by atoms with E-state index in [4.69, 9.17) is 5.73 Å². The molecule has 2 N–H and O–H groups in total. The number of benzene rings is 1. The van der Waals surface area contributed by atoms with Crippen LogP contribution in [-0.2, 0) is 23.0 Å². The van der Waals surface area contributed by atoms with Crippen LogP contribution in [0.15, 0.2) is 23.1 Å². The van der Waals surface area contributed by atoms with Crippen molar-refractivity contribution in [1.82, 2.24) is 4.31 Å². The number of rotatable bonds is 4. The molecule has 9 nitrogen and oxygen atoms in total. The number of nitro groups is 1. The lowest BCUT2D eigenvalue weighted by Gasteiger charge is -2.29. The van der Waals surface area contributed by atoms with Gasteiger partial charge in [0, 0.05) is 30.6 Å². The average molecular weight is 448 g/mol. The van der Waals surface area contributed by atoms with E-state index in [2.05, 4.69) is 6.07 Å². The summed E-state index contributed by atoms with van der Waals surface area (Å²) in [5.74, 6) is 0. The smallest absolute Gasteiger partial charge is 0.293 e. The van der Waals surface area contributed by atoms with Crippen molar-refractivity contribution in [2.75, 3.05) is 30.3 Å². The Hall–Kier alpha value is -2.68. The molecule has 30 heavy (non-hydrogen) atoms. The van der Waals surface area contributed by atoms with Gasteiger partial charge in [0.05, 0.1) is 21.9 Å². The normalized spacial score (nSPS) is 17.4. The van der Waals surface area contributed by atoms with E-state index in [0.717, 1.165) is 35.8 Å². The van der Waals surface area contributed by atoms with Gasteiger partial charge < -0.3 is 10.6 Å². The Morgan fingerprint density at radius 3 is 2.60 bits per heavy atom. The molecule has 1 aromatic carbocycles. The van der Waals surface area contributed by atoms with E-state index < -0.39 is 14.9 Å². The highest BCUT2D eigenvalue weighted by Gasteiger charge is 2.31. The van der Waals surface area contributed by atoms with Gasteiger partial charge in [0.1, 0.15) is 16.8 Å². The van der Waals surface area contributed by atoms with E-state index in [9.17, 15) is 23.8 Å². The first kappa shape index (κ1) is 20.6.